The third-order valence-electron chi connectivity index (χ3n) is 5.35. The van der Waals surface area contributed by atoms with Crippen LogP contribution < -0.4 is 0 Å². The number of aromatic nitrogens is 6. The quantitative estimate of drug-likeness (QED) is 0.520. The molecule has 5 rings (SSSR count). The SMILES string of the molecule is O=C(O)N1CC(n2cc(-c3ccc4[nH]nc(-c5ccncc5)c4c3)nn2)CC(F)(F)C1. The van der Waals surface area contributed by atoms with Gasteiger partial charge in [-0.25, -0.2) is 18.3 Å². The third kappa shape index (κ3) is 3.58. The summed E-state index contributed by atoms with van der Waals surface area (Å²) in [5.74, 6) is -3.12. The van der Waals surface area contributed by atoms with Gasteiger partial charge in [0.25, 0.3) is 5.92 Å². The average Bonchev–Trinajstić information content (AvgIpc) is 3.40. The first-order valence-electron chi connectivity index (χ1n) is 9.56. The van der Waals surface area contributed by atoms with Crippen LogP contribution in [0.25, 0.3) is 33.4 Å². The smallest absolute Gasteiger partial charge is 0.407 e. The third-order valence-corrected chi connectivity index (χ3v) is 5.35. The van der Waals surface area contributed by atoms with Gasteiger partial charge in [0.1, 0.15) is 11.4 Å². The summed E-state index contributed by atoms with van der Waals surface area (Å²) in [7, 11) is 0. The lowest BCUT2D eigenvalue weighted by Gasteiger charge is -2.35. The number of halogens is 2. The van der Waals surface area contributed by atoms with Gasteiger partial charge in [-0.05, 0) is 24.3 Å². The first-order chi connectivity index (χ1) is 14.9. The lowest BCUT2D eigenvalue weighted by molar-refractivity contribution is -0.0759. The minimum Gasteiger partial charge on any atom is -0.465 e. The van der Waals surface area contributed by atoms with Crippen LogP contribution in [0.4, 0.5) is 13.6 Å². The molecule has 0 radical (unpaired) electrons. The number of alkyl halides is 2. The summed E-state index contributed by atoms with van der Waals surface area (Å²) in [5, 5.41) is 25.5. The maximum atomic E-state index is 14.0. The monoisotopic (exact) mass is 425 g/mol. The van der Waals surface area contributed by atoms with Crippen LogP contribution in [0.1, 0.15) is 12.5 Å². The molecule has 0 bridgehead atoms. The van der Waals surface area contributed by atoms with Crippen molar-refractivity contribution in [2.45, 2.75) is 18.4 Å². The van der Waals surface area contributed by atoms with Gasteiger partial charge in [-0.3, -0.25) is 10.1 Å². The molecule has 0 saturated carbocycles. The van der Waals surface area contributed by atoms with Gasteiger partial charge in [0.05, 0.1) is 24.3 Å². The molecule has 1 saturated heterocycles. The van der Waals surface area contributed by atoms with E-state index in [0.29, 0.717) is 10.6 Å². The Hall–Kier alpha value is -3.89. The van der Waals surface area contributed by atoms with E-state index in [1.807, 2.05) is 30.3 Å². The van der Waals surface area contributed by atoms with Crippen LogP contribution in [-0.2, 0) is 0 Å². The van der Waals surface area contributed by atoms with Gasteiger partial charge >= 0.3 is 6.09 Å². The largest absolute Gasteiger partial charge is 0.465 e. The summed E-state index contributed by atoms with van der Waals surface area (Å²) >= 11 is 0. The fourth-order valence-electron chi connectivity index (χ4n) is 3.89. The molecule has 1 fully saturated rings. The summed E-state index contributed by atoms with van der Waals surface area (Å²) in [6.07, 6.45) is 3.07. The number of benzene rings is 1. The highest BCUT2D eigenvalue weighted by molar-refractivity contribution is 5.95. The molecule has 0 spiro atoms. The first-order valence-corrected chi connectivity index (χ1v) is 9.56. The number of carboxylic acid groups (broad SMARTS) is 1. The molecule has 0 aliphatic carbocycles. The van der Waals surface area contributed by atoms with E-state index in [9.17, 15) is 13.6 Å². The fraction of sp³-hybridized carbons (Fsp3) is 0.250. The van der Waals surface area contributed by atoms with Crippen molar-refractivity contribution in [3.8, 4) is 22.5 Å². The highest BCUT2D eigenvalue weighted by atomic mass is 19.3. The van der Waals surface area contributed by atoms with E-state index in [-0.39, 0.29) is 6.54 Å². The minimum atomic E-state index is -3.12. The van der Waals surface area contributed by atoms with Gasteiger partial charge in [-0.2, -0.15) is 5.10 Å². The van der Waals surface area contributed by atoms with Crippen molar-refractivity contribution in [3.05, 3.63) is 48.9 Å². The Bertz CT molecular complexity index is 1250. The minimum absolute atomic E-state index is 0.0688. The zero-order valence-corrected chi connectivity index (χ0v) is 16.1. The van der Waals surface area contributed by atoms with E-state index in [4.69, 9.17) is 5.11 Å². The van der Waals surface area contributed by atoms with Crippen LogP contribution in [-0.4, -0.2) is 65.3 Å². The molecule has 1 aromatic carbocycles. The number of rotatable bonds is 3. The van der Waals surface area contributed by atoms with Crippen molar-refractivity contribution >= 4 is 17.0 Å². The standard InChI is InChI=1S/C20H17F2N7O2/c21-20(22)8-14(9-28(11-20)19(30)31)29-10-17(25-27-29)13-1-2-16-15(7-13)18(26-24-16)12-3-5-23-6-4-12/h1-7,10,14H,8-9,11H2,(H,24,26)(H,30,31). The number of H-pyrrole nitrogens is 1. The molecule has 1 amide bonds. The average molecular weight is 425 g/mol. The second kappa shape index (κ2) is 7.11. The fourth-order valence-corrected chi connectivity index (χ4v) is 3.89. The molecule has 158 valence electrons. The van der Waals surface area contributed by atoms with Crippen molar-refractivity contribution in [3.63, 3.8) is 0 Å². The van der Waals surface area contributed by atoms with Crippen LogP contribution >= 0.6 is 0 Å². The molecule has 1 aliphatic rings. The van der Waals surface area contributed by atoms with Crippen molar-refractivity contribution in [2.75, 3.05) is 13.1 Å². The number of hydrogen-bond acceptors (Lipinski definition) is 5. The number of nitrogens with one attached hydrogen (secondary N) is 1. The summed E-state index contributed by atoms with van der Waals surface area (Å²) in [6, 6.07) is 8.52. The number of aromatic amines is 1. The van der Waals surface area contributed by atoms with E-state index in [1.54, 1.807) is 18.6 Å². The summed E-state index contributed by atoms with van der Waals surface area (Å²) in [5.41, 5.74) is 3.75. The molecular weight excluding hydrogens is 408 g/mol. The van der Waals surface area contributed by atoms with Crippen molar-refractivity contribution in [1.82, 2.24) is 35.1 Å². The van der Waals surface area contributed by atoms with Crippen LogP contribution in [0.2, 0.25) is 0 Å². The lowest BCUT2D eigenvalue weighted by Crippen LogP contribution is -2.49. The number of fused-ring (bicyclic) bond motifs is 1. The Balaban J connectivity index is 1.48. The predicted molar refractivity (Wildman–Crippen MR) is 107 cm³/mol. The summed E-state index contributed by atoms with van der Waals surface area (Å²) < 4.78 is 29.4. The van der Waals surface area contributed by atoms with Gasteiger partial charge in [-0.15, -0.1) is 5.10 Å². The van der Waals surface area contributed by atoms with Crippen LogP contribution in [0, 0.1) is 0 Å². The molecule has 3 aromatic heterocycles. The molecule has 1 aliphatic heterocycles. The number of hydrogen-bond donors (Lipinski definition) is 2. The van der Waals surface area contributed by atoms with Crippen molar-refractivity contribution in [1.29, 1.82) is 0 Å². The van der Waals surface area contributed by atoms with Crippen LogP contribution in [0.5, 0.6) is 0 Å². The van der Waals surface area contributed by atoms with Gasteiger partial charge in [0.15, 0.2) is 0 Å². The number of pyridine rings is 1. The number of likely N-dealkylation sites (tertiary alicyclic amines) is 1. The molecule has 4 heterocycles. The van der Waals surface area contributed by atoms with Gasteiger partial charge in [0.2, 0.25) is 0 Å². The zero-order valence-electron chi connectivity index (χ0n) is 16.1. The molecular formula is C20H17F2N7O2. The molecule has 2 N–H and O–H groups in total. The zero-order chi connectivity index (χ0) is 21.6. The van der Waals surface area contributed by atoms with Gasteiger partial charge < -0.3 is 10.0 Å². The molecule has 4 aromatic rings. The van der Waals surface area contributed by atoms with E-state index < -0.39 is 31.0 Å². The summed E-state index contributed by atoms with van der Waals surface area (Å²) in [4.78, 5) is 16.0. The van der Waals surface area contributed by atoms with Crippen molar-refractivity contribution < 1.29 is 18.7 Å². The highest BCUT2D eigenvalue weighted by Crippen LogP contribution is 2.34. The Kier molecular flexibility index (Phi) is 4.38. The lowest BCUT2D eigenvalue weighted by atomic mass is 10.0. The Morgan fingerprint density at radius 3 is 2.77 bits per heavy atom. The topological polar surface area (TPSA) is 113 Å². The maximum Gasteiger partial charge on any atom is 0.407 e. The number of piperidine rings is 1. The molecule has 9 nitrogen and oxygen atoms in total. The number of amides is 1. The van der Waals surface area contributed by atoms with E-state index in [0.717, 1.165) is 27.7 Å². The van der Waals surface area contributed by atoms with Crippen LogP contribution in [0.15, 0.2) is 48.9 Å². The Labute approximate surface area is 174 Å². The number of nitrogens with zero attached hydrogens (tertiary/aromatic N) is 6. The predicted octanol–water partition coefficient (Wildman–Crippen LogP) is 3.44. The Morgan fingerprint density at radius 1 is 1.19 bits per heavy atom. The second-order valence-electron chi connectivity index (χ2n) is 7.53. The van der Waals surface area contributed by atoms with E-state index >= 15 is 0 Å². The van der Waals surface area contributed by atoms with E-state index in [2.05, 4.69) is 25.5 Å². The van der Waals surface area contributed by atoms with Gasteiger partial charge in [0, 0.05) is 41.9 Å². The second-order valence-corrected chi connectivity index (χ2v) is 7.53. The van der Waals surface area contributed by atoms with Crippen LogP contribution in [0.3, 0.4) is 0 Å². The first kappa shape index (κ1) is 19.1. The molecule has 1 atom stereocenters. The molecule has 1 unspecified atom stereocenters. The van der Waals surface area contributed by atoms with Crippen molar-refractivity contribution in [2.24, 2.45) is 0 Å². The molecule has 31 heavy (non-hydrogen) atoms. The summed E-state index contributed by atoms with van der Waals surface area (Å²) in [6.45, 7) is -0.879. The van der Waals surface area contributed by atoms with Gasteiger partial charge in [-0.1, -0.05) is 11.3 Å². The number of carbonyl (C=O) groups is 1. The normalized spacial score (nSPS) is 18.4. The maximum absolute atomic E-state index is 14.0. The highest BCUT2D eigenvalue weighted by Gasteiger charge is 2.43. The van der Waals surface area contributed by atoms with E-state index in [1.165, 1.54) is 4.68 Å². The molecule has 11 heteroatoms. The Morgan fingerprint density at radius 2 is 2.00 bits per heavy atom.